The van der Waals surface area contributed by atoms with Crippen molar-refractivity contribution in [1.29, 1.82) is 0 Å². The first-order chi connectivity index (χ1) is 18.2. The van der Waals surface area contributed by atoms with E-state index in [1.165, 1.54) is 12.1 Å². The molecule has 10 heteroatoms. The highest BCUT2D eigenvalue weighted by Gasteiger charge is 2.39. The first-order valence-electron chi connectivity index (χ1n) is 12.6. The Morgan fingerprint density at radius 2 is 1.74 bits per heavy atom. The van der Waals surface area contributed by atoms with Gasteiger partial charge in [0, 0.05) is 24.3 Å². The van der Waals surface area contributed by atoms with Gasteiger partial charge in [-0.25, -0.2) is 9.69 Å². The van der Waals surface area contributed by atoms with Crippen molar-refractivity contribution in [3.05, 3.63) is 70.4 Å². The van der Waals surface area contributed by atoms with Gasteiger partial charge in [0.2, 0.25) is 0 Å². The lowest BCUT2D eigenvalue weighted by Gasteiger charge is -2.35. The highest BCUT2D eigenvalue weighted by molar-refractivity contribution is 6.53. The van der Waals surface area contributed by atoms with E-state index in [-0.39, 0.29) is 40.5 Å². The fourth-order valence-electron chi connectivity index (χ4n) is 4.52. The number of nitrogens with one attached hydrogen (secondary N) is 1. The van der Waals surface area contributed by atoms with E-state index < -0.39 is 17.8 Å². The van der Waals surface area contributed by atoms with E-state index in [4.69, 9.17) is 16.3 Å². The second-order valence-corrected chi connectivity index (χ2v) is 9.86. The molecule has 4 rings (SSSR count). The third-order valence-corrected chi connectivity index (χ3v) is 7.09. The van der Waals surface area contributed by atoms with E-state index >= 15 is 0 Å². The number of imide groups is 1. The molecule has 0 spiro atoms. The molecule has 2 heterocycles. The van der Waals surface area contributed by atoms with Crippen molar-refractivity contribution < 1.29 is 23.9 Å². The van der Waals surface area contributed by atoms with Crippen molar-refractivity contribution in [3.8, 4) is 0 Å². The third kappa shape index (κ3) is 5.74. The number of nitrogens with zero attached hydrogens (tertiary/aromatic N) is 3. The van der Waals surface area contributed by atoms with Gasteiger partial charge >= 0.3 is 5.97 Å². The van der Waals surface area contributed by atoms with Gasteiger partial charge in [0.25, 0.3) is 17.7 Å². The zero-order valence-electron chi connectivity index (χ0n) is 21.7. The van der Waals surface area contributed by atoms with Crippen LogP contribution in [0.3, 0.4) is 0 Å². The van der Waals surface area contributed by atoms with Crippen molar-refractivity contribution in [1.82, 2.24) is 9.80 Å². The van der Waals surface area contributed by atoms with Crippen LogP contribution in [0.15, 0.2) is 59.3 Å². The molecule has 1 N–H and O–H groups in total. The highest BCUT2D eigenvalue weighted by Crippen LogP contribution is 2.31. The number of benzene rings is 2. The van der Waals surface area contributed by atoms with E-state index in [0.717, 1.165) is 30.8 Å². The quantitative estimate of drug-likeness (QED) is 0.402. The summed E-state index contributed by atoms with van der Waals surface area (Å²) in [5.74, 6) is -2.05. The molecule has 3 amide bonds. The number of anilines is 2. The maximum atomic E-state index is 13.2. The standard InChI is InChI=1S/C28H31ClN4O5/c1-4-15-38-28(37)19-8-6-10-22(17-19)33-26(35)23(29)24(27(33)36)30-20-9-5-7-18(16-20)25(34)32(3)21-11-13-31(2)14-12-21/h5-10,16-17,21,30H,4,11-15H2,1-3H3. The third-order valence-electron chi connectivity index (χ3n) is 6.74. The van der Waals surface area contributed by atoms with Gasteiger partial charge in [0.05, 0.1) is 17.9 Å². The second kappa shape index (κ2) is 11.8. The first kappa shape index (κ1) is 27.3. The van der Waals surface area contributed by atoms with Gasteiger partial charge in [-0.05, 0) is 75.8 Å². The van der Waals surface area contributed by atoms with E-state index in [1.807, 2.05) is 6.92 Å². The number of amides is 3. The molecule has 38 heavy (non-hydrogen) atoms. The maximum Gasteiger partial charge on any atom is 0.338 e. The number of carbonyl (C=O) groups excluding carboxylic acids is 4. The maximum absolute atomic E-state index is 13.2. The van der Waals surface area contributed by atoms with Crippen LogP contribution in [0.2, 0.25) is 0 Å². The molecule has 0 aliphatic carbocycles. The Balaban J connectivity index is 1.50. The van der Waals surface area contributed by atoms with Gasteiger partial charge in [-0.3, -0.25) is 14.4 Å². The van der Waals surface area contributed by atoms with Crippen LogP contribution < -0.4 is 10.2 Å². The molecule has 2 aliphatic rings. The number of hydrogen-bond donors (Lipinski definition) is 1. The highest BCUT2D eigenvalue weighted by atomic mass is 35.5. The Kier molecular flexibility index (Phi) is 8.48. The molecule has 0 aromatic heterocycles. The van der Waals surface area contributed by atoms with Crippen molar-refractivity contribution in [2.24, 2.45) is 0 Å². The number of likely N-dealkylation sites (tertiary alicyclic amines) is 1. The van der Waals surface area contributed by atoms with Gasteiger partial charge in [0.15, 0.2) is 0 Å². The Hall–Kier alpha value is -3.69. The van der Waals surface area contributed by atoms with Crippen molar-refractivity contribution in [2.75, 3.05) is 44.0 Å². The minimum atomic E-state index is -0.715. The zero-order chi connectivity index (χ0) is 27.4. The largest absolute Gasteiger partial charge is 0.462 e. The lowest BCUT2D eigenvalue weighted by molar-refractivity contribution is -0.120. The molecule has 0 radical (unpaired) electrons. The molecule has 1 fully saturated rings. The smallest absolute Gasteiger partial charge is 0.338 e. The summed E-state index contributed by atoms with van der Waals surface area (Å²) >= 11 is 6.29. The van der Waals surface area contributed by atoms with Crippen LogP contribution in [-0.4, -0.2) is 73.3 Å². The number of halogens is 1. The summed E-state index contributed by atoms with van der Waals surface area (Å²) < 4.78 is 5.15. The summed E-state index contributed by atoms with van der Waals surface area (Å²) in [4.78, 5) is 56.5. The van der Waals surface area contributed by atoms with Crippen LogP contribution in [-0.2, 0) is 14.3 Å². The molecule has 0 atom stereocenters. The summed E-state index contributed by atoms with van der Waals surface area (Å²) in [7, 11) is 3.88. The van der Waals surface area contributed by atoms with Crippen LogP contribution in [0.1, 0.15) is 46.9 Å². The van der Waals surface area contributed by atoms with Crippen molar-refractivity contribution in [2.45, 2.75) is 32.2 Å². The second-order valence-electron chi connectivity index (χ2n) is 9.48. The Morgan fingerprint density at radius 1 is 1.05 bits per heavy atom. The van der Waals surface area contributed by atoms with Gasteiger partial charge in [0.1, 0.15) is 10.7 Å². The molecule has 0 unspecified atom stereocenters. The molecule has 0 bridgehead atoms. The van der Waals surface area contributed by atoms with Gasteiger partial charge in [-0.15, -0.1) is 0 Å². The van der Waals surface area contributed by atoms with E-state index in [0.29, 0.717) is 17.7 Å². The van der Waals surface area contributed by atoms with Gasteiger partial charge < -0.3 is 19.9 Å². The number of esters is 1. The number of piperidine rings is 1. The molecule has 2 aliphatic heterocycles. The summed E-state index contributed by atoms with van der Waals surface area (Å²) in [6.07, 6.45) is 2.48. The number of rotatable bonds is 8. The number of hydrogen-bond acceptors (Lipinski definition) is 7. The fourth-order valence-corrected chi connectivity index (χ4v) is 4.73. The summed E-state index contributed by atoms with van der Waals surface area (Å²) in [5.41, 5.74) is 1.21. The van der Waals surface area contributed by atoms with Gasteiger partial charge in [-0.2, -0.15) is 0 Å². The first-order valence-corrected chi connectivity index (χ1v) is 13.0. The number of carbonyl (C=O) groups is 4. The summed E-state index contributed by atoms with van der Waals surface area (Å²) in [6.45, 7) is 4.02. The molecule has 1 saturated heterocycles. The van der Waals surface area contributed by atoms with E-state index in [2.05, 4.69) is 17.3 Å². The van der Waals surface area contributed by atoms with Crippen LogP contribution in [0.4, 0.5) is 11.4 Å². The predicted molar refractivity (Wildman–Crippen MR) is 145 cm³/mol. The van der Waals surface area contributed by atoms with Crippen LogP contribution in [0.25, 0.3) is 0 Å². The average Bonchev–Trinajstić information content (AvgIpc) is 3.14. The molecule has 200 valence electrons. The minimum Gasteiger partial charge on any atom is -0.462 e. The molecule has 0 saturated carbocycles. The Bertz CT molecular complexity index is 1290. The number of ether oxygens (including phenoxy) is 1. The van der Waals surface area contributed by atoms with E-state index in [9.17, 15) is 19.2 Å². The zero-order valence-corrected chi connectivity index (χ0v) is 22.5. The topological polar surface area (TPSA) is 99.3 Å². The lowest BCUT2D eigenvalue weighted by Crippen LogP contribution is -2.44. The lowest BCUT2D eigenvalue weighted by atomic mass is 10.0. The van der Waals surface area contributed by atoms with Crippen LogP contribution >= 0.6 is 11.6 Å². The molecular weight excluding hydrogens is 508 g/mol. The summed E-state index contributed by atoms with van der Waals surface area (Å²) in [6, 6.07) is 13.0. The Labute approximate surface area is 227 Å². The molecule has 2 aromatic rings. The average molecular weight is 539 g/mol. The monoisotopic (exact) mass is 538 g/mol. The van der Waals surface area contributed by atoms with Crippen LogP contribution in [0.5, 0.6) is 0 Å². The molecule has 9 nitrogen and oxygen atoms in total. The SMILES string of the molecule is CCCOC(=O)c1cccc(N2C(=O)C(Cl)=C(Nc3cccc(C(=O)N(C)C4CCN(C)CC4)c3)C2=O)c1. The normalized spacial score (nSPS) is 16.7. The fraction of sp³-hybridized carbons (Fsp3) is 0.357. The minimum absolute atomic E-state index is 0.107. The predicted octanol–water partition coefficient (Wildman–Crippen LogP) is 3.86. The van der Waals surface area contributed by atoms with Crippen molar-refractivity contribution >= 4 is 46.7 Å². The molecular formula is C28H31ClN4O5. The molecule has 2 aromatic carbocycles. The Morgan fingerprint density at radius 3 is 2.45 bits per heavy atom. The van der Waals surface area contributed by atoms with Gasteiger partial charge in [-0.1, -0.05) is 30.7 Å². The van der Waals surface area contributed by atoms with Crippen LogP contribution in [0, 0.1) is 0 Å². The van der Waals surface area contributed by atoms with Crippen molar-refractivity contribution in [3.63, 3.8) is 0 Å². The summed E-state index contributed by atoms with van der Waals surface area (Å²) in [5, 5.41) is 2.64. The van der Waals surface area contributed by atoms with E-state index in [1.54, 1.807) is 48.3 Å².